The lowest BCUT2D eigenvalue weighted by Crippen LogP contribution is -2.29. The molecular formula is C23H18FN3O4S. The molecule has 32 heavy (non-hydrogen) atoms. The van der Waals surface area contributed by atoms with E-state index in [-0.39, 0.29) is 22.3 Å². The van der Waals surface area contributed by atoms with Crippen molar-refractivity contribution in [1.29, 1.82) is 0 Å². The molecule has 0 saturated heterocycles. The van der Waals surface area contributed by atoms with Crippen LogP contribution >= 0.6 is 11.3 Å². The number of hydrogen-bond acceptors (Lipinski definition) is 7. The van der Waals surface area contributed by atoms with Crippen molar-refractivity contribution in [2.75, 3.05) is 12.0 Å². The normalized spacial score (nSPS) is 15.4. The first-order valence-corrected chi connectivity index (χ1v) is 10.9. The molecule has 5 rings (SSSR count). The van der Waals surface area contributed by atoms with E-state index in [2.05, 4.69) is 10.2 Å². The smallest absolute Gasteiger partial charge is 0.297 e. The Morgan fingerprint density at radius 1 is 1.16 bits per heavy atom. The number of halogens is 1. The largest absolute Gasteiger partial charge is 0.497 e. The highest BCUT2D eigenvalue weighted by molar-refractivity contribution is 7.15. The summed E-state index contributed by atoms with van der Waals surface area (Å²) in [6.07, 6.45) is 1.63. The zero-order chi connectivity index (χ0) is 22.4. The van der Waals surface area contributed by atoms with Crippen LogP contribution in [0.3, 0.4) is 0 Å². The van der Waals surface area contributed by atoms with Gasteiger partial charge in [-0.05, 0) is 42.3 Å². The molecule has 2 aromatic carbocycles. The highest BCUT2D eigenvalue weighted by atomic mass is 32.1. The summed E-state index contributed by atoms with van der Waals surface area (Å²) in [6.45, 7) is 2.03. The second-order valence-electron chi connectivity index (χ2n) is 7.39. The van der Waals surface area contributed by atoms with E-state index in [1.165, 1.54) is 28.4 Å². The maximum atomic E-state index is 13.9. The van der Waals surface area contributed by atoms with Gasteiger partial charge in [0.05, 0.1) is 24.1 Å². The average molecular weight is 451 g/mol. The van der Waals surface area contributed by atoms with Gasteiger partial charge in [0.1, 0.15) is 22.2 Å². The molecule has 0 saturated carbocycles. The molecule has 0 fully saturated rings. The molecule has 2 aromatic heterocycles. The number of carbonyl (C=O) groups excluding carboxylic acids is 1. The van der Waals surface area contributed by atoms with Gasteiger partial charge in [0.2, 0.25) is 10.9 Å². The summed E-state index contributed by atoms with van der Waals surface area (Å²) in [5.74, 6) is -0.468. The van der Waals surface area contributed by atoms with Crippen LogP contribution in [0.25, 0.3) is 11.0 Å². The van der Waals surface area contributed by atoms with Crippen LogP contribution in [0.4, 0.5) is 9.52 Å². The number of carbonyl (C=O) groups is 1. The second-order valence-corrected chi connectivity index (χ2v) is 8.43. The van der Waals surface area contributed by atoms with Gasteiger partial charge in [-0.1, -0.05) is 30.4 Å². The number of benzene rings is 2. The van der Waals surface area contributed by atoms with E-state index in [1.807, 2.05) is 6.92 Å². The van der Waals surface area contributed by atoms with Crippen LogP contribution in [0.5, 0.6) is 5.75 Å². The monoisotopic (exact) mass is 451 g/mol. The molecule has 1 aliphatic rings. The third kappa shape index (κ3) is 3.16. The van der Waals surface area contributed by atoms with E-state index in [4.69, 9.17) is 9.15 Å². The van der Waals surface area contributed by atoms with Gasteiger partial charge < -0.3 is 9.15 Å². The van der Waals surface area contributed by atoms with E-state index < -0.39 is 23.2 Å². The van der Waals surface area contributed by atoms with Crippen LogP contribution in [0.2, 0.25) is 0 Å². The van der Waals surface area contributed by atoms with Gasteiger partial charge in [-0.3, -0.25) is 14.5 Å². The minimum absolute atomic E-state index is 0.0674. The molecule has 1 atom stereocenters. The zero-order valence-corrected chi connectivity index (χ0v) is 18.1. The predicted octanol–water partition coefficient (Wildman–Crippen LogP) is 4.49. The number of ether oxygens (including phenoxy) is 1. The molecule has 3 heterocycles. The molecule has 0 unspecified atom stereocenters. The number of methoxy groups -OCH3 is 1. The summed E-state index contributed by atoms with van der Waals surface area (Å²) >= 11 is 1.30. The number of hydrogen-bond donors (Lipinski definition) is 0. The van der Waals surface area contributed by atoms with Crippen LogP contribution in [0, 0.1) is 5.82 Å². The summed E-state index contributed by atoms with van der Waals surface area (Å²) in [5, 5.41) is 9.66. The maximum absolute atomic E-state index is 13.9. The van der Waals surface area contributed by atoms with Crippen molar-refractivity contribution in [3.63, 3.8) is 0 Å². The lowest BCUT2D eigenvalue weighted by molar-refractivity contribution is 0.0970. The van der Waals surface area contributed by atoms with Crippen molar-refractivity contribution in [2.24, 2.45) is 0 Å². The Kier molecular flexibility index (Phi) is 4.97. The molecule has 162 valence electrons. The predicted molar refractivity (Wildman–Crippen MR) is 118 cm³/mol. The highest BCUT2D eigenvalue weighted by Crippen LogP contribution is 2.42. The molecule has 0 spiro atoms. The molecule has 0 N–H and O–H groups in total. The molecule has 4 aromatic rings. The Balaban J connectivity index is 1.75. The first-order valence-electron chi connectivity index (χ1n) is 10.1. The van der Waals surface area contributed by atoms with Crippen LogP contribution in [-0.2, 0) is 6.42 Å². The molecule has 1 aliphatic heterocycles. The SMILES string of the molecule is CCCc1nnc(N2C(=O)c3oc4ccc(F)cc4c(=O)c3[C@@H]2c2ccc(OC)cc2)s1. The number of anilines is 1. The second kappa shape index (κ2) is 7.83. The molecule has 7 nitrogen and oxygen atoms in total. The van der Waals surface area contributed by atoms with E-state index >= 15 is 0 Å². The van der Waals surface area contributed by atoms with Crippen LogP contribution in [0.15, 0.2) is 51.7 Å². The van der Waals surface area contributed by atoms with E-state index in [0.717, 1.165) is 23.9 Å². The van der Waals surface area contributed by atoms with Gasteiger partial charge >= 0.3 is 0 Å². The van der Waals surface area contributed by atoms with Gasteiger partial charge in [-0.2, -0.15) is 0 Å². The Morgan fingerprint density at radius 2 is 1.94 bits per heavy atom. The summed E-state index contributed by atoms with van der Waals surface area (Å²) < 4.78 is 24.9. The molecule has 0 radical (unpaired) electrons. The quantitative estimate of drug-likeness (QED) is 0.444. The summed E-state index contributed by atoms with van der Waals surface area (Å²) in [4.78, 5) is 28.3. The van der Waals surface area contributed by atoms with Crippen molar-refractivity contribution in [1.82, 2.24) is 10.2 Å². The average Bonchev–Trinajstić information content (AvgIpc) is 3.37. The fourth-order valence-electron chi connectivity index (χ4n) is 3.90. The Hall–Kier alpha value is -3.59. The summed E-state index contributed by atoms with van der Waals surface area (Å²) in [7, 11) is 1.56. The number of nitrogens with zero attached hydrogens (tertiary/aromatic N) is 3. The summed E-state index contributed by atoms with van der Waals surface area (Å²) in [5.41, 5.74) is 0.539. The number of aromatic nitrogens is 2. The maximum Gasteiger partial charge on any atom is 0.297 e. The minimum Gasteiger partial charge on any atom is -0.497 e. The van der Waals surface area contributed by atoms with Crippen molar-refractivity contribution >= 4 is 33.3 Å². The number of rotatable bonds is 5. The molecular weight excluding hydrogens is 433 g/mol. The first kappa shape index (κ1) is 20.3. The van der Waals surface area contributed by atoms with Gasteiger partial charge in [-0.15, -0.1) is 10.2 Å². The lowest BCUT2D eigenvalue weighted by Gasteiger charge is -2.22. The molecule has 1 amide bonds. The zero-order valence-electron chi connectivity index (χ0n) is 17.3. The minimum atomic E-state index is -0.783. The van der Waals surface area contributed by atoms with Crippen LogP contribution < -0.4 is 15.1 Å². The van der Waals surface area contributed by atoms with Crippen molar-refractivity contribution < 1.29 is 18.3 Å². The molecule has 0 bridgehead atoms. The van der Waals surface area contributed by atoms with Gasteiger partial charge in [0.25, 0.3) is 5.91 Å². The van der Waals surface area contributed by atoms with Gasteiger partial charge in [0, 0.05) is 6.42 Å². The van der Waals surface area contributed by atoms with E-state index in [1.54, 1.807) is 31.4 Å². The fraction of sp³-hybridized carbons (Fsp3) is 0.217. The lowest BCUT2D eigenvalue weighted by atomic mass is 9.98. The van der Waals surface area contributed by atoms with Crippen molar-refractivity contribution in [2.45, 2.75) is 25.8 Å². The number of amides is 1. The van der Waals surface area contributed by atoms with Gasteiger partial charge in [0.15, 0.2) is 5.43 Å². The molecule has 0 aliphatic carbocycles. The fourth-order valence-corrected chi connectivity index (χ4v) is 4.87. The summed E-state index contributed by atoms with van der Waals surface area (Å²) in [6, 6.07) is 9.96. The third-order valence-electron chi connectivity index (χ3n) is 5.39. The van der Waals surface area contributed by atoms with Crippen LogP contribution in [0.1, 0.15) is 46.1 Å². The Labute approximate surface area is 186 Å². The Morgan fingerprint density at radius 3 is 2.66 bits per heavy atom. The number of fused-ring (bicyclic) bond motifs is 2. The van der Waals surface area contributed by atoms with Crippen molar-refractivity contribution in [3.05, 3.63) is 80.4 Å². The Bertz CT molecular complexity index is 1400. The third-order valence-corrected chi connectivity index (χ3v) is 6.37. The van der Waals surface area contributed by atoms with Crippen molar-refractivity contribution in [3.8, 4) is 5.75 Å². The highest BCUT2D eigenvalue weighted by Gasteiger charge is 2.45. The van der Waals surface area contributed by atoms with Gasteiger partial charge in [-0.25, -0.2) is 4.39 Å². The van der Waals surface area contributed by atoms with E-state index in [0.29, 0.717) is 16.4 Å². The van der Waals surface area contributed by atoms with Crippen LogP contribution in [-0.4, -0.2) is 23.2 Å². The number of aryl methyl sites for hydroxylation is 1. The van der Waals surface area contributed by atoms with E-state index in [9.17, 15) is 14.0 Å². The molecule has 9 heteroatoms. The standard InChI is InChI=1S/C23H18FN3O4S/c1-3-4-17-25-26-23(32-17)27-19(12-5-8-14(30-2)9-6-12)18-20(28)15-11-13(24)7-10-16(15)31-21(18)22(27)29/h5-11,19H,3-4H2,1-2H3/t19-/m0/s1. The first-order chi connectivity index (χ1) is 15.5. The topological polar surface area (TPSA) is 85.5 Å².